The third kappa shape index (κ3) is 2.19. The van der Waals surface area contributed by atoms with Crippen LogP contribution in [0.3, 0.4) is 0 Å². The average Bonchev–Trinajstić information content (AvgIpc) is 2.09. The topological polar surface area (TPSA) is 37.3 Å². The van der Waals surface area contributed by atoms with Gasteiger partial charge in [-0.2, -0.15) is 0 Å². The molecule has 1 aliphatic rings. The molecule has 1 N–H and O–H groups in total. The molecule has 13 heavy (non-hydrogen) atoms. The molecule has 0 fully saturated rings. The van der Waals surface area contributed by atoms with Crippen LogP contribution in [-0.2, 0) is 4.79 Å². The summed E-state index contributed by atoms with van der Waals surface area (Å²) in [4.78, 5) is 10.7. The van der Waals surface area contributed by atoms with Gasteiger partial charge >= 0.3 is 0 Å². The van der Waals surface area contributed by atoms with E-state index in [2.05, 4.69) is 13.8 Å². The lowest BCUT2D eigenvalue weighted by molar-refractivity contribution is -0.105. The van der Waals surface area contributed by atoms with Crippen molar-refractivity contribution in [3.05, 3.63) is 11.1 Å². The molecule has 0 aliphatic heterocycles. The Labute approximate surface area is 79.6 Å². The van der Waals surface area contributed by atoms with Gasteiger partial charge in [0.15, 0.2) is 0 Å². The first-order valence-corrected chi connectivity index (χ1v) is 4.89. The molecular formula is C11H18O2. The highest BCUT2D eigenvalue weighted by Gasteiger charge is 2.26. The van der Waals surface area contributed by atoms with E-state index in [0.717, 1.165) is 30.3 Å². The minimum Gasteiger partial charge on any atom is -0.389 e. The van der Waals surface area contributed by atoms with Crippen LogP contribution in [-0.4, -0.2) is 17.5 Å². The zero-order valence-corrected chi connectivity index (χ0v) is 8.58. The van der Waals surface area contributed by atoms with E-state index < -0.39 is 6.10 Å². The van der Waals surface area contributed by atoms with Gasteiger partial charge in [-0.15, -0.1) is 0 Å². The van der Waals surface area contributed by atoms with E-state index in [-0.39, 0.29) is 0 Å². The smallest absolute Gasteiger partial charge is 0.146 e. The molecule has 0 saturated carbocycles. The Morgan fingerprint density at radius 3 is 2.62 bits per heavy atom. The first-order chi connectivity index (χ1) is 6.06. The molecule has 0 spiro atoms. The predicted molar refractivity (Wildman–Crippen MR) is 52.3 cm³/mol. The first kappa shape index (κ1) is 10.5. The average molecular weight is 182 g/mol. The molecule has 2 heteroatoms. The second-order valence-electron chi connectivity index (χ2n) is 4.29. The minimum absolute atomic E-state index is 0.402. The molecule has 0 heterocycles. The molecule has 2 nitrogen and oxygen atoms in total. The molecule has 0 aromatic rings. The Morgan fingerprint density at radius 2 is 2.15 bits per heavy atom. The van der Waals surface area contributed by atoms with Gasteiger partial charge in [0, 0.05) is 0 Å². The summed E-state index contributed by atoms with van der Waals surface area (Å²) in [5.41, 5.74) is 1.67. The van der Waals surface area contributed by atoms with Gasteiger partial charge in [-0.3, -0.25) is 4.79 Å². The van der Waals surface area contributed by atoms with Crippen molar-refractivity contribution in [1.29, 1.82) is 0 Å². The monoisotopic (exact) mass is 182 g/mol. The van der Waals surface area contributed by atoms with E-state index in [0.29, 0.717) is 11.8 Å². The van der Waals surface area contributed by atoms with E-state index in [9.17, 15) is 9.90 Å². The molecule has 74 valence electrons. The van der Waals surface area contributed by atoms with Crippen LogP contribution in [0, 0.1) is 11.8 Å². The predicted octanol–water partition coefficient (Wildman–Crippen LogP) is 1.93. The van der Waals surface area contributed by atoms with Crippen molar-refractivity contribution in [2.75, 3.05) is 0 Å². The second-order valence-corrected chi connectivity index (χ2v) is 4.29. The summed E-state index contributed by atoms with van der Waals surface area (Å²) in [6, 6.07) is 0. The van der Waals surface area contributed by atoms with Gasteiger partial charge in [0.25, 0.3) is 0 Å². The van der Waals surface area contributed by atoms with Crippen LogP contribution in [0.4, 0.5) is 0 Å². The number of hydrogen-bond acceptors (Lipinski definition) is 2. The summed E-state index contributed by atoms with van der Waals surface area (Å²) in [5, 5.41) is 9.68. The van der Waals surface area contributed by atoms with Crippen molar-refractivity contribution in [2.45, 2.75) is 39.7 Å². The maximum Gasteiger partial charge on any atom is 0.146 e. The number of carbonyl (C=O) groups excluding carboxylic acids is 1. The maximum absolute atomic E-state index is 10.7. The van der Waals surface area contributed by atoms with Crippen molar-refractivity contribution >= 4 is 6.29 Å². The largest absolute Gasteiger partial charge is 0.389 e. The summed E-state index contributed by atoms with van der Waals surface area (Å²) in [5.74, 6) is 0.997. The van der Waals surface area contributed by atoms with Crippen molar-refractivity contribution in [3.8, 4) is 0 Å². The highest BCUT2D eigenvalue weighted by molar-refractivity contribution is 5.75. The van der Waals surface area contributed by atoms with Crippen LogP contribution in [0.25, 0.3) is 0 Å². The van der Waals surface area contributed by atoms with Crippen molar-refractivity contribution in [1.82, 2.24) is 0 Å². The zero-order valence-electron chi connectivity index (χ0n) is 8.58. The molecule has 0 unspecified atom stereocenters. The Balaban J connectivity index is 2.82. The highest BCUT2D eigenvalue weighted by Crippen LogP contribution is 2.32. The number of aldehydes is 1. The molecule has 2 atom stereocenters. The number of allylic oxidation sites excluding steroid dienone is 1. The lowest BCUT2D eigenvalue weighted by Gasteiger charge is -2.30. The zero-order chi connectivity index (χ0) is 10.0. The molecular weight excluding hydrogens is 164 g/mol. The number of hydrogen-bond donors (Lipinski definition) is 1. The molecule has 0 saturated heterocycles. The van der Waals surface area contributed by atoms with Crippen LogP contribution in [0.1, 0.15) is 33.6 Å². The Hall–Kier alpha value is -0.630. The highest BCUT2D eigenvalue weighted by atomic mass is 16.3. The lowest BCUT2D eigenvalue weighted by Crippen LogP contribution is -2.25. The van der Waals surface area contributed by atoms with Gasteiger partial charge in [-0.25, -0.2) is 0 Å². The van der Waals surface area contributed by atoms with Gasteiger partial charge in [0.1, 0.15) is 6.29 Å². The van der Waals surface area contributed by atoms with E-state index in [1.165, 1.54) is 0 Å². The van der Waals surface area contributed by atoms with Gasteiger partial charge in [-0.1, -0.05) is 13.8 Å². The van der Waals surface area contributed by atoms with Gasteiger partial charge in [-0.05, 0) is 42.7 Å². The molecule has 0 aromatic carbocycles. The maximum atomic E-state index is 10.7. The van der Waals surface area contributed by atoms with Crippen LogP contribution >= 0.6 is 0 Å². The molecule has 1 rings (SSSR count). The van der Waals surface area contributed by atoms with E-state index >= 15 is 0 Å². The van der Waals surface area contributed by atoms with Gasteiger partial charge in [0.05, 0.1) is 6.10 Å². The summed E-state index contributed by atoms with van der Waals surface area (Å²) < 4.78 is 0. The normalized spacial score (nSPS) is 29.6. The number of rotatable bonds is 2. The number of aliphatic hydroxyl groups is 1. The first-order valence-electron chi connectivity index (χ1n) is 4.89. The quantitative estimate of drug-likeness (QED) is 0.662. The SMILES string of the molecule is CC1=C(C=O)C[C@H](C(C)C)C[C@@H]1O. The Bertz CT molecular complexity index is 228. The van der Waals surface area contributed by atoms with Gasteiger partial charge < -0.3 is 5.11 Å². The fourth-order valence-corrected chi connectivity index (χ4v) is 1.85. The molecule has 0 radical (unpaired) electrons. The van der Waals surface area contributed by atoms with E-state index in [1.54, 1.807) is 0 Å². The number of aliphatic hydroxyl groups excluding tert-OH is 1. The third-order valence-electron chi connectivity index (χ3n) is 3.10. The summed E-state index contributed by atoms with van der Waals surface area (Å²) in [6.45, 7) is 6.13. The number of carbonyl (C=O) groups is 1. The fraction of sp³-hybridized carbons (Fsp3) is 0.727. The molecule has 0 aromatic heterocycles. The lowest BCUT2D eigenvalue weighted by atomic mass is 9.77. The summed E-state index contributed by atoms with van der Waals surface area (Å²) in [6.07, 6.45) is 2.14. The van der Waals surface area contributed by atoms with Crippen molar-refractivity contribution in [2.24, 2.45) is 11.8 Å². The second kappa shape index (κ2) is 4.05. The van der Waals surface area contributed by atoms with Crippen molar-refractivity contribution < 1.29 is 9.90 Å². The molecule has 1 aliphatic carbocycles. The van der Waals surface area contributed by atoms with Gasteiger partial charge in [0.2, 0.25) is 0 Å². The standard InChI is InChI=1S/C11H18O2/c1-7(2)9-4-10(6-12)8(3)11(13)5-9/h6-7,9,11,13H,4-5H2,1-3H3/t9-,11-/m0/s1. The van der Waals surface area contributed by atoms with Crippen LogP contribution in [0.15, 0.2) is 11.1 Å². The van der Waals surface area contributed by atoms with Crippen molar-refractivity contribution in [3.63, 3.8) is 0 Å². The van der Waals surface area contributed by atoms with Crippen LogP contribution in [0.2, 0.25) is 0 Å². The Kier molecular flexibility index (Phi) is 3.26. The summed E-state index contributed by atoms with van der Waals surface area (Å²) in [7, 11) is 0. The van der Waals surface area contributed by atoms with E-state index in [1.807, 2.05) is 6.92 Å². The van der Waals surface area contributed by atoms with Crippen LogP contribution in [0.5, 0.6) is 0 Å². The van der Waals surface area contributed by atoms with Crippen LogP contribution < -0.4 is 0 Å². The van der Waals surface area contributed by atoms with E-state index in [4.69, 9.17) is 0 Å². The molecule has 0 amide bonds. The molecule has 0 bridgehead atoms. The fourth-order valence-electron chi connectivity index (χ4n) is 1.85. The summed E-state index contributed by atoms with van der Waals surface area (Å²) >= 11 is 0. The minimum atomic E-state index is -0.402. The third-order valence-corrected chi connectivity index (χ3v) is 3.10. The Morgan fingerprint density at radius 1 is 1.54 bits per heavy atom.